The van der Waals surface area contributed by atoms with Gasteiger partial charge in [0.25, 0.3) is 5.91 Å². The second-order valence-electron chi connectivity index (χ2n) is 4.17. The van der Waals surface area contributed by atoms with E-state index in [0.717, 1.165) is 5.76 Å². The molecule has 20 heavy (non-hydrogen) atoms. The first-order valence-corrected chi connectivity index (χ1v) is 6.50. The molecule has 1 amide bonds. The van der Waals surface area contributed by atoms with Gasteiger partial charge >= 0.3 is 0 Å². The Morgan fingerprint density at radius 3 is 3.00 bits per heavy atom. The number of amides is 1. The molecule has 0 aliphatic heterocycles. The molecule has 0 saturated carbocycles. The average Bonchev–Trinajstić information content (AvgIpc) is 2.95. The van der Waals surface area contributed by atoms with Gasteiger partial charge in [-0.1, -0.05) is 11.6 Å². The molecule has 2 rings (SSSR count). The van der Waals surface area contributed by atoms with Crippen LogP contribution in [-0.4, -0.2) is 36.1 Å². The summed E-state index contributed by atoms with van der Waals surface area (Å²) in [6, 6.07) is 6.80. The molecule has 0 aromatic carbocycles. The van der Waals surface area contributed by atoms with Crippen LogP contribution in [0.15, 0.2) is 41.1 Å². The van der Waals surface area contributed by atoms with Crippen molar-refractivity contribution in [3.63, 3.8) is 0 Å². The fourth-order valence-corrected chi connectivity index (χ4v) is 1.94. The van der Waals surface area contributed by atoms with Crippen molar-refractivity contribution in [2.75, 3.05) is 20.3 Å². The zero-order valence-corrected chi connectivity index (χ0v) is 11.8. The number of methoxy groups -OCH3 is 1. The van der Waals surface area contributed by atoms with Crippen LogP contribution in [0.2, 0.25) is 5.15 Å². The van der Waals surface area contributed by atoms with Gasteiger partial charge in [-0.3, -0.25) is 4.79 Å². The molecule has 0 fully saturated rings. The molecule has 2 heterocycles. The van der Waals surface area contributed by atoms with Gasteiger partial charge in [0, 0.05) is 25.4 Å². The lowest BCUT2D eigenvalue weighted by Crippen LogP contribution is -2.33. The van der Waals surface area contributed by atoms with E-state index >= 15 is 0 Å². The van der Waals surface area contributed by atoms with Crippen LogP contribution in [0.3, 0.4) is 0 Å². The van der Waals surface area contributed by atoms with Crippen molar-refractivity contribution in [2.24, 2.45) is 0 Å². The van der Waals surface area contributed by atoms with Crippen LogP contribution in [0.4, 0.5) is 0 Å². The smallest absolute Gasteiger partial charge is 0.254 e. The molecule has 0 atom stereocenters. The minimum Gasteiger partial charge on any atom is -0.467 e. The molecule has 2 aromatic rings. The fourth-order valence-electron chi connectivity index (χ4n) is 1.76. The molecular formula is C14H15ClN2O3. The third kappa shape index (κ3) is 3.82. The molecule has 0 spiro atoms. The summed E-state index contributed by atoms with van der Waals surface area (Å²) in [6.07, 6.45) is 3.09. The molecule has 0 aliphatic carbocycles. The number of rotatable bonds is 6. The zero-order valence-electron chi connectivity index (χ0n) is 11.1. The molecule has 5 nitrogen and oxygen atoms in total. The van der Waals surface area contributed by atoms with E-state index in [4.69, 9.17) is 20.8 Å². The Morgan fingerprint density at radius 1 is 1.50 bits per heavy atom. The highest BCUT2D eigenvalue weighted by molar-refractivity contribution is 6.29. The van der Waals surface area contributed by atoms with Crippen LogP contribution in [0.5, 0.6) is 0 Å². The van der Waals surface area contributed by atoms with Gasteiger partial charge < -0.3 is 14.1 Å². The monoisotopic (exact) mass is 294 g/mol. The summed E-state index contributed by atoms with van der Waals surface area (Å²) in [5, 5.41) is 0.292. The lowest BCUT2D eigenvalue weighted by atomic mass is 10.2. The summed E-state index contributed by atoms with van der Waals surface area (Å²) in [5.41, 5.74) is 0.493. The predicted octanol–water partition coefficient (Wildman–Crippen LogP) is 2.62. The number of ether oxygens (including phenoxy) is 1. The third-order valence-electron chi connectivity index (χ3n) is 2.75. The minimum absolute atomic E-state index is 0.136. The maximum Gasteiger partial charge on any atom is 0.254 e. The van der Waals surface area contributed by atoms with Crippen molar-refractivity contribution in [3.05, 3.63) is 53.2 Å². The first-order valence-electron chi connectivity index (χ1n) is 6.13. The molecular weight excluding hydrogens is 280 g/mol. The van der Waals surface area contributed by atoms with Crippen molar-refractivity contribution in [1.29, 1.82) is 0 Å². The van der Waals surface area contributed by atoms with Gasteiger partial charge in [0.1, 0.15) is 10.9 Å². The van der Waals surface area contributed by atoms with Gasteiger partial charge in [0.15, 0.2) is 0 Å². The fraction of sp³-hybridized carbons (Fsp3) is 0.286. The number of hydrogen-bond donors (Lipinski definition) is 0. The Bertz CT molecular complexity index is 557. The maximum absolute atomic E-state index is 12.5. The Kier molecular flexibility index (Phi) is 5.15. The van der Waals surface area contributed by atoms with E-state index < -0.39 is 0 Å². The standard InChI is InChI=1S/C14H15ClN2O3/c1-19-8-6-17(10-12-3-2-7-20-12)14(18)11-4-5-16-13(15)9-11/h2-5,7,9H,6,8,10H2,1H3. The summed E-state index contributed by atoms with van der Waals surface area (Å²) < 4.78 is 10.3. The lowest BCUT2D eigenvalue weighted by Gasteiger charge is -2.21. The van der Waals surface area contributed by atoms with E-state index in [-0.39, 0.29) is 5.91 Å². The number of aromatic nitrogens is 1. The summed E-state index contributed by atoms with van der Waals surface area (Å²) in [6.45, 7) is 1.30. The van der Waals surface area contributed by atoms with Crippen molar-refractivity contribution in [2.45, 2.75) is 6.54 Å². The maximum atomic E-state index is 12.5. The first-order chi connectivity index (χ1) is 9.70. The van der Waals surface area contributed by atoms with E-state index in [1.165, 1.54) is 6.20 Å². The van der Waals surface area contributed by atoms with Crippen molar-refractivity contribution in [3.8, 4) is 0 Å². The zero-order chi connectivity index (χ0) is 14.4. The van der Waals surface area contributed by atoms with Crippen LogP contribution in [0.1, 0.15) is 16.1 Å². The average molecular weight is 295 g/mol. The quantitative estimate of drug-likeness (QED) is 0.769. The number of pyridine rings is 1. The summed E-state index contributed by atoms with van der Waals surface area (Å²) in [5.74, 6) is 0.581. The highest BCUT2D eigenvalue weighted by Gasteiger charge is 2.17. The Balaban J connectivity index is 2.14. The SMILES string of the molecule is COCCN(Cc1ccco1)C(=O)c1ccnc(Cl)c1. The Hall–Kier alpha value is -1.85. The highest BCUT2D eigenvalue weighted by atomic mass is 35.5. The predicted molar refractivity (Wildman–Crippen MR) is 74.6 cm³/mol. The van der Waals surface area contributed by atoms with Crippen LogP contribution in [-0.2, 0) is 11.3 Å². The van der Waals surface area contributed by atoms with E-state index in [1.807, 2.05) is 6.07 Å². The molecule has 0 N–H and O–H groups in total. The second-order valence-corrected chi connectivity index (χ2v) is 4.55. The third-order valence-corrected chi connectivity index (χ3v) is 2.96. The van der Waals surface area contributed by atoms with Gasteiger partial charge in [-0.05, 0) is 24.3 Å². The number of carbonyl (C=O) groups excluding carboxylic acids is 1. The Labute approximate surface area is 122 Å². The van der Waals surface area contributed by atoms with Crippen LogP contribution < -0.4 is 0 Å². The number of hydrogen-bond acceptors (Lipinski definition) is 4. The highest BCUT2D eigenvalue weighted by Crippen LogP contribution is 2.13. The van der Waals surface area contributed by atoms with Gasteiger partial charge in [0.2, 0.25) is 0 Å². The van der Waals surface area contributed by atoms with E-state index in [0.29, 0.717) is 30.4 Å². The van der Waals surface area contributed by atoms with Gasteiger partial charge in [-0.25, -0.2) is 4.98 Å². The van der Waals surface area contributed by atoms with E-state index in [9.17, 15) is 4.79 Å². The van der Waals surface area contributed by atoms with Crippen molar-refractivity contribution in [1.82, 2.24) is 9.88 Å². The normalized spacial score (nSPS) is 10.5. The second kappa shape index (κ2) is 7.07. The molecule has 0 saturated heterocycles. The molecule has 0 bridgehead atoms. The molecule has 0 unspecified atom stereocenters. The van der Waals surface area contributed by atoms with Gasteiger partial charge in [0.05, 0.1) is 19.4 Å². The lowest BCUT2D eigenvalue weighted by molar-refractivity contribution is 0.0666. The molecule has 0 radical (unpaired) electrons. The molecule has 2 aromatic heterocycles. The molecule has 6 heteroatoms. The Morgan fingerprint density at radius 2 is 2.35 bits per heavy atom. The first kappa shape index (κ1) is 14.6. The van der Waals surface area contributed by atoms with Crippen LogP contribution in [0.25, 0.3) is 0 Å². The van der Waals surface area contributed by atoms with Gasteiger partial charge in [-0.15, -0.1) is 0 Å². The molecule has 106 valence electrons. The topological polar surface area (TPSA) is 55.6 Å². The van der Waals surface area contributed by atoms with E-state index in [1.54, 1.807) is 36.5 Å². The van der Waals surface area contributed by atoms with Crippen LogP contribution >= 0.6 is 11.6 Å². The number of halogens is 1. The number of furan rings is 1. The number of carbonyl (C=O) groups is 1. The summed E-state index contributed by atoms with van der Waals surface area (Å²) in [4.78, 5) is 18.0. The van der Waals surface area contributed by atoms with Crippen molar-refractivity contribution >= 4 is 17.5 Å². The largest absolute Gasteiger partial charge is 0.467 e. The summed E-state index contributed by atoms with van der Waals surface area (Å²) in [7, 11) is 1.60. The molecule has 0 aliphatic rings. The summed E-state index contributed by atoms with van der Waals surface area (Å²) >= 11 is 5.82. The minimum atomic E-state index is -0.136. The van der Waals surface area contributed by atoms with Crippen LogP contribution in [0, 0.1) is 0 Å². The van der Waals surface area contributed by atoms with Gasteiger partial charge in [-0.2, -0.15) is 0 Å². The number of nitrogens with zero attached hydrogens (tertiary/aromatic N) is 2. The van der Waals surface area contributed by atoms with Crippen molar-refractivity contribution < 1.29 is 13.9 Å². The van der Waals surface area contributed by atoms with E-state index in [2.05, 4.69) is 4.98 Å².